The van der Waals surface area contributed by atoms with Crippen LogP contribution < -0.4 is 4.90 Å². The molecule has 2 fully saturated rings. The van der Waals surface area contributed by atoms with Gasteiger partial charge in [-0.15, -0.1) is 0 Å². The number of carbonyl (C=O) groups excluding carboxylic acids is 1. The lowest BCUT2D eigenvalue weighted by Gasteiger charge is -2.43. The summed E-state index contributed by atoms with van der Waals surface area (Å²) in [6, 6.07) is 3.46. The van der Waals surface area contributed by atoms with E-state index in [4.69, 9.17) is 4.74 Å². The number of ether oxygens (including phenoxy) is 1. The highest BCUT2D eigenvalue weighted by Crippen LogP contribution is 2.47. The Hall–Kier alpha value is -2.42. The zero-order valence-electron chi connectivity index (χ0n) is 14.9. The average Bonchev–Trinajstić information content (AvgIpc) is 3.15. The first-order valence-corrected chi connectivity index (χ1v) is 8.41. The number of aliphatic hydroxyl groups excluding tert-OH is 1. The van der Waals surface area contributed by atoms with Gasteiger partial charge in [-0.25, -0.2) is 9.18 Å². The van der Waals surface area contributed by atoms with E-state index >= 15 is 0 Å². The van der Waals surface area contributed by atoms with E-state index in [9.17, 15) is 24.4 Å². The van der Waals surface area contributed by atoms with Crippen LogP contribution in [0.5, 0.6) is 0 Å². The highest BCUT2D eigenvalue weighted by Gasteiger charge is 2.61. The molecular formula is C17H22FN3O5. The van der Waals surface area contributed by atoms with E-state index in [2.05, 4.69) is 0 Å². The van der Waals surface area contributed by atoms with Gasteiger partial charge in [0.05, 0.1) is 28.3 Å². The third-order valence-electron chi connectivity index (χ3n) is 4.69. The van der Waals surface area contributed by atoms with Crippen molar-refractivity contribution in [2.24, 2.45) is 0 Å². The molecule has 1 aromatic rings. The van der Waals surface area contributed by atoms with Gasteiger partial charge in [-0.3, -0.25) is 10.1 Å². The van der Waals surface area contributed by atoms with E-state index in [1.165, 1.54) is 17.0 Å². The Bertz CT molecular complexity index is 750. The number of rotatable bonds is 2. The smallest absolute Gasteiger partial charge is 0.410 e. The normalized spacial score (nSPS) is 25.3. The molecule has 8 nitrogen and oxygen atoms in total. The number of nitrogens with zero attached hydrogens (tertiary/aromatic N) is 3. The largest absolute Gasteiger partial charge is 0.444 e. The number of nitro benzene ring substituents is 1. The van der Waals surface area contributed by atoms with Crippen molar-refractivity contribution in [3.63, 3.8) is 0 Å². The van der Waals surface area contributed by atoms with Gasteiger partial charge in [0.15, 0.2) is 5.82 Å². The lowest BCUT2D eigenvalue weighted by Crippen LogP contribution is -2.59. The molecule has 1 heterocycles. The molecule has 1 saturated heterocycles. The minimum absolute atomic E-state index is 0.191. The van der Waals surface area contributed by atoms with Gasteiger partial charge in [0, 0.05) is 32.1 Å². The Labute approximate surface area is 150 Å². The summed E-state index contributed by atoms with van der Waals surface area (Å²) in [6.45, 7) is 6.13. The molecule has 1 aromatic carbocycles. The summed E-state index contributed by atoms with van der Waals surface area (Å²) in [7, 11) is 0. The van der Waals surface area contributed by atoms with Crippen LogP contribution in [0.2, 0.25) is 0 Å². The molecule has 1 N–H and O–H groups in total. The molecule has 26 heavy (non-hydrogen) atoms. The number of carbonyl (C=O) groups is 1. The van der Waals surface area contributed by atoms with Crippen LogP contribution in [0.15, 0.2) is 18.2 Å². The molecule has 1 amide bonds. The Morgan fingerprint density at radius 3 is 2.58 bits per heavy atom. The van der Waals surface area contributed by atoms with Crippen LogP contribution in [0.25, 0.3) is 0 Å². The first-order valence-electron chi connectivity index (χ1n) is 8.41. The number of amides is 1. The van der Waals surface area contributed by atoms with E-state index in [0.29, 0.717) is 19.5 Å². The van der Waals surface area contributed by atoms with Gasteiger partial charge < -0.3 is 19.6 Å². The Morgan fingerprint density at radius 2 is 2.08 bits per heavy atom. The van der Waals surface area contributed by atoms with Crippen LogP contribution in [0, 0.1) is 15.9 Å². The number of halogens is 1. The van der Waals surface area contributed by atoms with Crippen molar-refractivity contribution < 1.29 is 24.0 Å². The summed E-state index contributed by atoms with van der Waals surface area (Å²) in [5.41, 5.74) is -1.56. The highest BCUT2D eigenvalue weighted by atomic mass is 19.1. The first-order chi connectivity index (χ1) is 12.0. The van der Waals surface area contributed by atoms with Crippen molar-refractivity contribution >= 4 is 17.5 Å². The zero-order chi connectivity index (χ0) is 19.3. The number of aliphatic hydroxyl groups is 1. The lowest BCUT2D eigenvalue weighted by molar-refractivity contribution is -0.385. The van der Waals surface area contributed by atoms with Crippen LogP contribution in [0.1, 0.15) is 27.2 Å². The maximum atomic E-state index is 14.4. The van der Waals surface area contributed by atoms with E-state index in [1.807, 2.05) is 0 Å². The average molecular weight is 367 g/mol. The molecule has 1 aliphatic carbocycles. The van der Waals surface area contributed by atoms with Gasteiger partial charge in [0.1, 0.15) is 5.60 Å². The van der Waals surface area contributed by atoms with Gasteiger partial charge >= 0.3 is 6.09 Å². The molecule has 3 rings (SSSR count). The first kappa shape index (κ1) is 18.4. The second-order valence-electron chi connectivity index (χ2n) is 7.77. The fraction of sp³-hybridized carbons (Fsp3) is 0.588. The lowest BCUT2D eigenvalue weighted by atomic mass is 10.1. The molecule has 1 saturated carbocycles. The predicted octanol–water partition coefficient (Wildman–Crippen LogP) is 2.29. The number of non-ortho nitro benzene ring substituents is 1. The fourth-order valence-corrected chi connectivity index (χ4v) is 3.35. The number of hydrogen-bond acceptors (Lipinski definition) is 6. The molecule has 142 valence electrons. The van der Waals surface area contributed by atoms with Gasteiger partial charge in [0.2, 0.25) is 0 Å². The summed E-state index contributed by atoms with van der Waals surface area (Å²) in [5, 5.41) is 21.0. The maximum Gasteiger partial charge on any atom is 0.410 e. The van der Waals surface area contributed by atoms with E-state index in [1.54, 1.807) is 25.7 Å². The third-order valence-corrected chi connectivity index (χ3v) is 4.69. The summed E-state index contributed by atoms with van der Waals surface area (Å²) < 4.78 is 19.8. The molecular weight excluding hydrogens is 345 g/mol. The third kappa shape index (κ3) is 3.31. The minimum Gasteiger partial charge on any atom is -0.444 e. The van der Waals surface area contributed by atoms with Crippen LogP contribution in [0.3, 0.4) is 0 Å². The highest BCUT2D eigenvalue weighted by molar-refractivity contribution is 5.70. The Morgan fingerprint density at radius 1 is 1.42 bits per heavy atom. The number of nitro groups is 1. The van der Waals surface area contributed by atoms with E-state index in [0.717, 1.165) is 6.07 Å². The number of piperazine rings is 1. The van der Waals surface area contributed by atoms with Gasteiger partial charge in [-0.2, -0.15) is 0 Å². The Kier molecular flexibility index (Phi) is 4.30. The fourth-order valence-electron chi connectivity index (χ4n) is 3.35. The van der Waals surface area contributed by atoms with Crippen molar-refractivity contribution in [2.45, 2.75) is 44.4 Å². The molecule has 2 aliphatic rings. The molecule has 0 bridgehead atoms. The predicted molar refractivity (Wildman–Crippen MR) is 91.6 cm³/mol. The number of anilines is 1. The summed E-state index contributed by atoms with van der Waals surface area (Å²) >= 11 is 0. The van der Waals surface area contributed by atoms with Gasteiger partial charge in [0.25, 0.3) is 5.69 Å². The Balaban J connectivity index is 1.82. The molecule has 9 heteroatoms. The maximum absolute atomic E-state index is 14.4. The SMILES string of the molecule is CC(C)(C)OC(=O)N1CCN(c2ccc([N+](=O)[O-])cc2F)C2(CC2O)C1. The van der Waals surface area contributed by atoms with Crippen molar-refractivity contribution in [1.29, 1.82) is 0 Å². The molecule has 0 aromatic heterocycles. The van der Waals surface area contributed by atoms with Crippen LogP contribution >= 0.6 is 0 Å². The quantitative estimate of drug-likeness (QED) is 0.636. The van der Waals surface area contributed by atoms with Crippen LogP contribution in [-0.2, 0) is 4.74 Å². The minimum atomic E-state index is -0.786. The monoisotopic (exact) mass is 367 g/mol. The van der Waals surface area contributed by atoms with Crippen molar-refractivity contribution in [3.8, 4) is 0 Å². The van der Waals surface area contributed by atoms with Crippen LogP contribution in [-0.4, -0.2) is 57.9 Å². The zero-order valence-corrected chi connectivity index (χ0v) is 14.9. The molecule has 1 spiro atoms. The van der Waals surface area contributed by atoms with Crippen molar-refractivity contribution in [3.05, 3.63) is 34.1 Å². The molecule has 2 atom stereocenters. The van der Waals surface area contributed by atoms with Crippen molar-refractivity contribution in [2.75, 3.05) is 24.5 Å². The summed E-state index contributed by atoms with van der Waals surface area (Å²) in [6.07, 6.45) is -0.787. The summed E-state index contributed by atoms with van der Waals surface area (Å²) in [5.74, 6) is -0.719. The molecule has 0 radical (unpaired) electrons. The topological polar surface area (TPSA) is 96.2 Å². The second-order valence-corrected chi connectivity index (χ2v) is 7.77. The van der Waals surface area contributed by atoms with Gasteiger partial charge in [-0.05, 0) is 26.8 Å². The standard InChI is InChI=1S/C17H22FN3O5/c1-16(2,3)26-15(23)19-6-7-20(17(10-19)9-14(17)22)13-5-4-11(21(24)25)8-12(13)18/h4-5,8,14,22H,6-7,9-10H2,1-3H3. The van der Waals surface area contributed by atoms with Crippen molar-refractivity contribution in [1.82, 2.24) is 4.90 Å². The van der Waals surface area contributed by atoms with E-state index < -0.39 is 34.1 Å². The number of hydrogen-bond donors (Lipinski definition) is 1. The number of benzene rings is 1. The summed E-state index contributed by atoms with van der Waals surface area (Å²) in [4.78, 5) is 25.7. The molecule has 2 unspecified atom stereocenters. The second kappa shape index (κ2) is 6.08. The van der Waals surface area contributed by atoms with Crippen LogP contribution in [0.4, 0.5) is 20.6 Å². The van der Waals surface area contributed by atoms with Gasteiger partial charge in [-0.1, -0.05) is 0 Å². The molecule has 1 aliphatic heterocycles. The van der Waals surface area contributed by atoms with E-state index in [-0.39, 0.29) is 17.9 Å².